The second-order valence-electron chi connectivity index (χ2n) is 7.69. The second-order valence-corrected chi connectivity index (χ2v) is 9.59. The van der Waals surface area contributed by atoms with E-state index in [0.29, 0.717) is 12.2 Å². The number of hydrogen-bond acceptors (Lipinski definition) is 4. The summed E-state index contributed by atoms with van der Waals surface area (Å²) in [4.78, 5) is 27.2. The quantitative estimate of drug-likeness (QED) is 0.643. The number of nitrogens with zero attached hydrogens (tertiary/aromatic N) is 2. The maximum absolute atomic E-state index is 13.3. The van der Waals surface area contributed by atoms with Gasteiger partial charge in [0.15, 0.2) is 0 Å². The van der Waals surface area contributed by atoms with Crippen LogP contribution in [0.3, 0.4) is 0 Å². The maximum atomic E-state index is 13.3. The Balaban J connectivity index is 2.37. The van der Waals surface area contributed by atoms with E-state index in [1.54, 1.807) is 32.0 Å². The average molecular weight is 446 g/mol. The Morgan fingerprint density at radius 3 is 2.23 bits per heavy atom. The molecule has 0 bridgehead atoms. The first-order valence-electron chi connectivity index (χ1n) is 10.2. The minimum atomic E-state index is -3.71. The zero-order valence-corrected chi connectivity index (χ0v) is 19.6. The molecule has 168 valence electrons. The third kappa shape index (κ3) is 6.82. The molecule has 2 aromatic rings. The highest BCUT2D eigenvalue weighted by atomic mass is 32.2. The highest BCUT2D eigenvalue weighted by Gasteiger charge is 2.29. The average Bonchev–Trinajstić information content (AvgIpc) is 2.70. The van der Waals surface area contributed by atoms with E-state index < -0.39 is 28.5 Å². The first kappa shape index (κ1) is 24.4. The normalized spacial score (nSPS) is 12.2. The summed E-state index contributed by atoms with van der Waals surface area (Å²) in [5.74, 6) is -0.740. The smallest absolute Gasteiger partial charge is 0.244 e. The van der Waals surface area contributed by atoms with Gasteiger partial charge in [-0.15, -0.1) is 0 Å². The fraction of sp³-hybridized carbons (Fsp3) is 0.391. The summed E-state index contributed by atoms with van der Waals surface area (Å²) in [6.45, 7) is 7.52. The Hall–Kier alpha value is -2.87. The molecule has 0 radical (unpaired) electrons. The molecule has 2 rings (SSSR count). The lowest BCUT2D eigenvalue weighted by atomic mass is 10.1. The molecule has 1 N–H and O–H groups in total. The first-order valence-corrected chi connectivity index (χ1v) is 12.0. The molecule has 2 amide bonds. The van der Waals surface area contributed by atoms with E-state index in [9.17, 15) is 18.0 Å². The minimum absolute atomic E-state index is 0.197. The van der Waals surface area contributed by atoms with Crippen molar-refractivity contribution in [3.8, 4) is 0 Å². The molecule has 0 saturated carbocycles. The monoisotopic (exact) mass is 445 g/mol. The van der Waals surface area contributed by atoms with Crippen molar-refractivity contribution in [2.24, 2.45) is 0 Å². The minimum Gasteiger partial charge on any atom is -0.355 e. The Labute approximate surface area is 185 Å². The van der Waals surface area contributed by atoms with Crippen LogP contribution >= 0.6 is 0 Å². The molecule has 0 aromatic heterocycles. The van der Waals surface area contributed by atoms with E-state index in [0.717, 1.165) is 27.3 Å². The topological polar surface area (TPSA) is 86.8 Å². The lowest BCUT2D eigenvalue weighted by Gasteiger charge is -2.31. The Bertz CT molecular complexity index is 1020. The molecule has 2 aromatic carbocycles. The van der Waals surface area contributed by atoms with E-state index in [1.807, 2.05) is 44.2 Å². The summed E-state index contributed by atoms with van der Waals surface area (Å²) in [7, 11) is -3.71. The van der Waals surface area contributed by atoms with Crippen molar-refractivity contribution in [1.29, 1.82) is 0 Å². The van der Waals surface area contributed by atoms with Gasteiger partial charge in [-0.1, -0.05) is 42.0 Å². The summed E-state index contributed by atoms with van der Waals surface area (Å²) in [5.41, 5.74) is 3.24. The summed E-state index contributed by atoms with van der Waals surface area (Å²) in [6.07, 6.45) is 1.07. The number of amides is 2. The molecule has 0 aliphatic carbocycles. The van der Waals surface area contributed by atoms with Gasteiger partial charge in [0.25, 0.3) is 0 Å². The lowest BCUT2D eigenvalue weighted by Crippen LogP contribution is -2.51. The van der Waals surface area contributed by atoms with Crippen LogP contribution < -0.4 is 9.62 Å². The molecule has 31 heavy (non-hydrogen) atoms. The second kappa shape index (κ2) is 10.4. The van der Waals surface area contributed by atoms with Gasteiger partial charge in [-0.25, -0.2) is 8.42 Å². The number of carbonyl (C=O) groups is 2. The summed E-state index contributed by atoms with van der Waals surface area (Å²) in [5, 5.41) is 2.73. The van der Waals surface area contributed by atoms with Crippen LogP contribution in [0.4, 0.5) is 5.69 Å². The highest BCUT2D eigenvalue weighted by molar-refractivity contribution is 7.92. The van der Waals surface area contributed by atoms with Crippen LogP contribution in [0.2, 0.25) is 0 Å². The van der Waals surface area contributed by atoms with Gasteiger partial charge in [0.2, 0.25) is 21.8 Å². The number of hydrogen-bond donors (Lipinski definition) is 1. The van der Waals surface area contributed by atoms with E-state index in [2.05, 4.69) is 5.32 Å². The zero-order valence-electron chi connectivity index (χ0n) is 18.8. The number of rotatable bonds is 9. The Morgan fingerprint density at radius 2 is 1.68 bits per heavy atom. The van der Waals surface area contributed by atoms with Gasteiger partial charge in [-0.3, -0.25) is 13.9 Å². The first-order chi connectivity index (χ1) is 14.5. The van der Waals surface area contributed by atoms with Crippen LogP contribution in [0.15, 0.2) is 48.5 Å². The molecule has 0 fully saturated rings. The third-order valence-electron chi connectivity index (χ3n) is 4.96. The van der Waals surface area contributed by atoms with Crippen molar-refractivity contribution in [2.45, 2.75) is 40.3 Å². The van der Waals surface area contributed by atoms with Gasteiger partial charge >= 0.3 is 0 Å². The molecular weight excluding hydrogens is 414 g/mol. The van der Waals surface area contributed by atoms with Crippen LogP contribution in [-0.2, 0) is 26.2 Å². The van der Waals surface area contributed by atoms with Gasteiger partial charge in [-0.05, 0) is 51.0 Å². The largest absolute Gasteiger partial charge is 0.355 e. The predicted octanol–water partition coefficient (Wildman–Crippen LogP) is 2.62. The van der Waals surface area contributed by atoms with Crippen molar-refractivity contribution in [2.75, 3.05) is 23.7 Å². The Kier molecular flexibility index (Phi) is 8.21. The van der Waals surface area contributed by atoms with E-state index in [-0.39, 0.29) is 12.5 Å². The number of anilines is 1. The van der Waals surface area contributed by atoms with Gasteiger partial charge in [0.1, 0.15) is 12.6 Å². The number of benzene rings is 2. The molecule has 0 aliphatic heterocycles. The lowest BCUT2D eigenvalue weighted by molar-refractivity contribution is -0.139. The molecule has 1 atom stereocenters. The molecule has 0 saturated heterocycles. The highest BCUT2D eigenvalue weighted by Crippen LogP contribution is 2.20. The summed E-state index contributed by atoms with van der Waals surface area (Å²) < 4.78 is 26.0. The van der Waals surface area contributed by atoms with Crippen molar-refractivity contribution < 1.29 is 18.0 Å². The van der Waals surface area contributed by atoms with Crippen molar-refractivity contribution in [3.05, 3.63) is 65.2 Å². The van der Waals surface area contributed by atoms with E-state index in [4.69, 9.17) is 0 Å². The predicted molar refractivity (Wildman–Crippen MR) is 123 cm³/mol. The number of carbonyl (C=O) groups excluding carboxylic acids is 2. The van der Waals surface area contributed by atoms with Crippen molar-refractivity contribution >= 4 is 27.5 Å². The molecule has 7 nitrogen and oxygen atoms in total. The van der Waals surface area contributed by atoms with Gasteiger partial charge in [0.05, 0.1) is 11.9 Å². The van der Waals surface area contributed by atoms with Crippen molar-refractivity contribution in [3.63, 3.8) is 0 Å². The fourth-order valence-electron chi connectivity index (χ4n) is 3.19. The van der Waals surface area contributed by atoms with Gasteiger partial charge < -0.3 is 10.2 Å². The molecule has 0 heterocycles. The van der Waals surface area contributed by atoms with Crippen LogP contribution in [0.25, 0.3) is 0 Å². The van der Waals surface area contributed by atoms with Crippen LogP contribution in [0.5, 0.6) is 0 Å². The number of sulfonamides is 1. The van der Waals surface area contributed by atoms with Crippen molar-refractivity contribution in [1.82, 2.24) is 10.2 Å². The van der Waals surface area contributed by atoms with E-state index in [1.165, 1.54) is 4.90 Å². The van der Waals surface area contributed by atoms with Crippen LogP contribution in [0.1, 0.15) is 30.5 Å². The SMILES string of the molecule is CCNC(=O)[C@H](C)N(Cc1ccc(C)cc1)C(=O)CN(c1cccc(C)c1)S(C)(=O)=O. The zero-order chi connectivity index (χ0) is 23.2. The Morgan fingerprint density at radius 1 is 1.03 bits per heavy atom. The molecule has 0 unspecified atom stereocenters. The number of aryl methyl sites for hydroxylation is 2. The van der Waals surface area contributed by atoms with Gasteiger partial charge in [0, 0.05) is 13.1 Å². The van der Waals surface area contributed by atoms with Crippen LogP contribution in [-0.4, -0.2) is 50.5 Å². The summed E-state index contributed by atoms with van der Waals surface area (Å²) >= 11 is 0. The molecular formula is C23H31N3O4S. The maximum Gasteiger partial charge on any atom is 0.244 e. The standard InChI is InChI=1S/C23H31N3O4S/c1-6-24-23(28)19(4)25(15-20-12-10-17(2)11-13-20)22(27)16-26(31(5,29)30)21-9-7-8-18(3)14-21/h7-14,19H,6,15-16H2,1-5H3,(H,24,28)/t19-/m0/s1. The summed E-state index contributed by atoms with van der Waals surface area (Å²) in [6, 6.07) is 13.9. The molecule has 0 aliphatic rings. The van der Waals surface area contributed by atoms with Gasteiger partial charge in [-0.2, -0.15) is 0 Å². The fourth-order valence-corrected chi connectivity index (χ4v) is 4.03. The number of nitrogens with one attached hydrogen (secondary N) is 1. The van der Waals surface area contributed by atoms with Crippen LogP contribution in [0, 0.1) is 13.8 Å². The third-order valence-corrected chi connectivity index (χ3v) is 6.10. The molecule has 0 spiro atoms. The molecule has 8 heteroatoms. The van der Waals surface area contributed by atoms with E-state index >= 15 is 0 Å². The number of likely N-dealkylation sites (N-methyl/N-ethyl adjacent to an activating group) is 1.